The van der Waals surface area contributed by atoms with Crippen molar-refractivity contribution in [3.8, 4) is 28.4 Å². The van der Waals surface area contributed by atoms with Crippen LogP contribution in [0.1, 0.15) is 6.92 Å². The number of likely N-dealkylation sites (N-methyl/N-ethyl adjacent to an activating group) is 1. The molecule has 0 aliphatic rings. The highest BCUT2D eigenvalue weighted by atomic mass is 35.5. The summed E-state index contributed by atoms with van der Waals surface area (Å²) in [5, 5.41) is 4.51. The number of halogens is 6. The van der Waals surface area contributed by atoms with E-state index in [0.29, 0.717) is 6.54 Å². The summed E-state index contributed by atoms with van der Waals surface area (Å²) in [7, 11) is 1.68. The van der Waals surface area contributed by atoms with Gasteiger partial charge in [-0.05, 0) is 26.1 Å². The van der Waals surface area contributed by atoms with E-state index in [4.69, 9.17) is 16.3 Å². The summed E-state index contributed by atoms with van der Waals surface area (Å²) in [6.45, 7) is 1.42. The number of alkyl halides is 3. The molecule has 2 aromatic heterocycles. The molecule has 1 aromatic carbocycles. The van der Waals surface area contributed by atoms with Crippen LogP contribution in [0.15, 0.2) is 36.5 Å². The van der Waals surface area contributed by atoms with Crippen LogP contribution in [0.4, 0.5) is 27.8 Å². The summed E-state index contributed by atoms with van der Waals surface area (Å²) in [5.74, 6) is -2.91. The van der Waals surface area contributed by atoms with Gasteiger partial charge in [0.05, 0.1) is 11.1 Å². The first-order valence-corrected chi connectivity index (χ1v) is 10.1. The fraction of sp³-hybridized carbons (Fsp3) is 0.286. The Labute approximate surface area is 191 Å². The zero-order valence-corrected chi connectivity index (χ0v) is 18.2. The topological polar surface area (TPSA) is 72.0 Å². The van der Waals surface area contributed by atoms with Crippen LogP contribution < -0.4 is 15.4 Å². The van der Waals surface area contributed by atoms with E-state index in [1.54, 1.807) is 19.2 Å². The Morgan fingerprint density at radius 2 is 1.79 bits per heavy atom. The Morgan fingerprint density at radius 1 is 1.09 bits per heavy atom. The molecule has 0 fully saturated rings. The van der Waals surface area contributed by atoms with E-state index in [9.17, 15) is 22.0 Å². The fourth-order valence-corrected chi connectivity index (χ4v) is 3.06. The van der Waals surface area contributed by atoms with Gasteiger partial charge in [0, 0.05) is 24.9 Å². The molecule has 33 heavy (non-hydrogen) atoms. The van der Waals surface area contributed by atoms with Crippen molar-refractivity contribution in [1.29, 1.82) is 0 Å². The van der Waals surface area contributed by atoms with Gasteiger partial charge < -0.3 is 15.4 Å². The van der Waals surface area contributed by atoms with Gasteiger partial charge in [-0.3, -0.25) is 4.98 Å². The molecule has 6 nitrogen and oxygen atoms in total. The van der Waals surface area contributed by atoms with Crippen molar-refractivity contribution in [2.45, 2.75) is 19.1 Å². The second-order valence-electron chi connectivity index (χ2n) is 6.90. The van der Waals surface area contributed by atoms with Crippen LogP contribution in [-0.4, -0.2) is 47.4 Å². The molecule has 12 heteroatoms. The summed E-state index contributed by atoms with van der Waals surface area (Å²) < 4.78 is 74.9. The SMILES string of the molecule is CNCCOc1cc(F)c(-c2c(Cl)nc(-c3ccccn3)nc2N[C@@H](C)C(F)(F)F)c(F)c1. The second kappa shape index (κ2) is 10.3. The summed E-state index contributed by atoms with van der Waals surface area (Å²) in [4.78, 5) is 12.1. The average Bonchev–Trinajstić information content (AvgIpc) is 2.75. The highest BCUT2D eigenvalue weighted by Crippen LogP contribution is 2.39. The number of anilines is 1. The van der Waals surface area contributed by atoms with Crippen molar-refractivity contribution >= 4 is 17.4 Å². The van der Waals surface area contributed by atoms with Gasteiger partial charge in [0.2, 0.25) is 0 Å². The Morgan fingerprint density at radius 3 is 2.36 bits per heavy atom. The molecule has 2 N–H and O–H groups in total. The third kappa shape index (κ3) is 5.85. The van der Waals surface area contributed by atoms with Gasteiger partial charge >= 0.3 is 6.18 Å². The van der Waals surface area contributed by atoms with E-state index in [0.717, 1.165) is 19.1 Å². The molecule has 0 amide bonds. The van der Waals surface area contributed by atoms with Crippen molar-refractivity contribution in [1.82, 2.24) is 20.3 Å². The predicted octanol–water partition coefficient (Wildman–Crippen LogP) is 5.10. The zero-order valence-electron chi connectivity index (χ0n) is 17.5. The highest BCUT2D eigenvalue weighted by Gasteiger charge is 2.37. The number of rotatable bonds is 8. The molecule has 0 radical (unpaired) electrons. The van der Waals surface area contributed by atoms with E-state index in [1.807, 2.05) is 0 Å². The lowest BCUT2D eigenvalue weighted by Gasteiger charge is -2.21. The van der Waals surface area contributed by atoms with E-state index >= 15 is 0 Å². The Hall–Kier alpha value is -3.05. The van der Waals surface area contributed by atoms with Crippen molar-refractivity contribution in [2.75, 3.05) is 25.5 Å². The van der Waals surface area contributed by atoms with E-state index < -0.39 is 46.0 Å². The molecule has 0 saturated heterocycles. The Balaban J connectivity index is 2.14. The lowest BCUT2D eigenvalue weighted by atomic mass is 10.1. The Kier molecular flexibility index (Phi) is 7.65. The number of pyridine rings is 1. The van der Waals surface area contributed by atoms with E-state index in [-0.39, 0.29) is 23.9 Å². The summed E-state index contributed by atoms with van der Waals surface area (Å²) in [5.41, 5.74) is -0.933. The maximum atomic E-state index is 14.9. The first-order chi connectivity index (χ1) is 15.6. The van der Waals surface area contributed by atoms with Crippen LogP contribution in [0.5, 0.6) is 5.75 Å². The predicted molar refractivity (Wildman–Crippen MR) is 114 cm³/mol. The summed E-state index contributed by atoms with van der Waals surface area (Å²) >= 11 is 6.23. The van der Waals surface area contributed by atoms with Crippen molar-refractivity contribution in [2.24, 2.45) is 0 Å². The van der Waals surface area contributed by atoms with Crippen LogP contribution in [0.25, 0.3) is 22.6 Å². The third-order valence-electron chi connectivity index (χ3n) is 4.49. The number of ether oxygens (including phenoxy) is 1. The molecule has 0 aliphatic carbocycles. The minimum atomic E-state index is -4.66. The van der Waals surface area contributed by atoms with Crippen molar-refractivity contribution < 1.29 is 26.7 Å². The van der Waals surface area contributed by atoms with Gasteiger partial charge in [-0.2, -0.15) is 13.2 Å². The molecule has 1 atom stereocenters. The average molecular weight is 488 g/mol. The Bertz CT molecular complexity index is 1090. The van der Waals surface area contributed by atoms with Gasteiger partial charge in [-0.25, -0.2) is 18.7 Å². The van der Waals surface area contributed by atoms with E-state index in [1.165, 1.54) is 12.3 Å². The summed E-state index contributed by atoms with van der Waals surface area (Å²) in [6, 6.07) is 4.47. The van der Waals surface area contributed by atoms with Crippen LogP contribution in [0.3, 0.4) is 0 Å². The minimum Gasteiger partial charge on any atom is -0.492 e. The smallest absolute Gasteiger partial charge is 0.408 e. The lowest BCUT2D eigenvalue weighted by Crippen LogP contribution is -2.33. The van der Waals surface area contributed by atoms with E-state index in [2.05, 4.69) is 25.6 Å². The molecule has 3 rings (SSSR count). The monoisotopic (exact) mass is 487 g/mol. The number of nitrogens with one attached hydrogen (secondary N) is 2. The standard InChI is InChI=1S/C21H19ClF5N5O/c1-11(21(25,26)27)30-20-17(18(22)31-19(32-20)15-5-3-4-6-29-15)16-13(23)9-12(10-14(16)24)33-8-7-28-2/h3-6,9-11,28H,7-8H2,1-2H3,(H,30,31,32)/t11-/m0/s1. The molecule has 2 heterocycles. The van der Waals surface area contributed by atoms with Gasteiger partial charge in [-0.1, -0.05) is 17.7 Å². The van der Waals surface area contributed by atoms with Crippen LogP contribution in [0, 0.1) is 11.6 Å². The van der Waals surface area contributed by atoms with Gasteiger partial charge in [0.15, 0.2) is 5.82 Å². The van der Waals surface area contributed by atoms with Crippen LogP contribution in [-0.2, 0) is 0 Å². The molecule has 0 saturated carbocycles. The molecular weight excluding hydrogens is 469 g/mol. The van der Waals surface area contributed by atoms with Crippen molar-refractivity contribution in [3.63, 3.8) is 0 Å². The lowest BCUT2D eigenvalue weighted by molar-refractivity contribution is -0.138. The molecule has 0 unspecified atom stereocenters. The first-order valence-electron chi connectivity index (χ1n) is 9.70. The normalized spacial score (nSPS) is 12.5. The van der Waals surface area contributed by atoms with Crippen LogP contribution in [0.2, 0.25) is 5.15 Å². The van der Waals surface area contributed by atoms with Crippen LogP contribution >= 0.6 is 11.6 Å². The highest BCUT2D eigenvalue weighted by molar-refractivity contribution is 6.32. The van der Waals surface area contributed by atoms with Gasteiger partial charge in [0.25, 0.3) is 0 Å². The summed E-state index contributed by atoms with van der Waals surface area (Å²) in [6.07, 6.45) is -3.24. The maximum absolute atomic E-state index is 14.9. The van der Waals surface area contributed by atoms with Crippen molar-refractivity contribution in [3.05, 3.63) is 53.3 Å². The number of benzene rings is 1. The molecule has 0 spiro atoms. The molecular formula is C21H19ClF5N5O. The molecule has 3 aromatic rings. The molecule has 0 aliphatic heterocycles. The maximum Gasteiger partial charge on any atom is 0.408 e. The quantitative estimate of drug-likeness (QED) is 0.262. The minimum absolute atomic E-state index is 0.0932. The van der Waals surface area contributed by atoms with Gasteiger partial charge in [0.1, 0.15) is 46.7 Å². The largest absolute Gasteiger partial charge is 0.492 e. The third-order valence-corrected chi connectivity index (χ3v) is 4.76. The fourth-order valence-electron chi connectivity index (χ4n) is 2.80. The zero-order chi connectivity index (χ0) is 24.2. The number of aromatic nitrogens is 3. The second-order valence-corrected chi connectivity index (χ2v) is 7.26. The first kappa shape index (κ1) is 24.6. The van der Waals surface area contributed by atoms with Gasteiger partial charge in [-0.15, -0.1) is 0 Å². The number of nitrogens with zero attached hydrogens (tertiary/aromatic N) is 3. The number of hydrogen-bond donors (Lipinski definition) is 2. The number of hydrogen-bond acceptors (Lipinski definition) is 6. The molecule has 176 valence electrons. The molecule has 0 bridgehead atoms.